The van der Waals surface area contributed by atoms with E-state index in [2.05, 4.69) is 44.2 Å². The molecule has 2 aliphatic rings. The van der Waals surface area contributed by atoms with E-state index in [4.69, 9.17) is 0 Å². The van der Waals surface area contributed by atoms with Crippen LogP contribution in [-0.2, 0) is 4.79 Å². The third-order valence-corrected chi connectivity index (χ3v) is 6.55. The van der Waals surface area contributed by atoms with E-state index < -0.39 is 5.60 Å². The molecule has 0 unspecified atom stereocenters. The maximum atomic E-state index is 11.4. The van der Waals surface area contributed by atoms with Gasteiger partial charge in [0.25, 0.3) is 0 Å². The van der Waals surface area contributed by atoms with E-state index in [1.807, 2.05) is 6.92 Å². The molecular formula is C21H28O2. The molecule has 0 bridgehead atoms. The van der Waals surface area contributed by atoms with Crippen LogP contribution in [0.25, 0.3) is 0 Å². The van der Waals surface area contributed by atoms with Gasteiger partial charge in [0.05, 0.1) is 5.60 Å². The van der Waals surface area contributed by atoms with Crippen molar-refractivity contribution in [3.8, 4) is 0 Å². The second-order valence-corrected chi connectivity index (χ2v) is 7.97. The lowest BCUT2D eigenvalue weighted by Crippen LogP contribution is -2.49. The van der Waals surface area contributed by atoms with Crippen molar-refractivity contribution in [2.75, 3.05) is 0 Å². The molecule has 4 atom stereocenters. The molecule has 2 nitrogen and oxygen atoms in total. The number of allylic oxidation sites excluding steroid dienone is 2. The van der Waals surface area contributed by atoms with Gasteiger partial charge < -0.3 is 5.11 Å². The van der Waals surface area contributed by atoms with E-state index in [9.17, 15) is 9.90 Å². The molecule has 3 rings (SSSR count). The average molecular weight is 312 g/mol. The summed E-state index contributed by atoms with van der Waals surface area (Å²) >= 11 is 0. The first kappa shape index (κ1) is 16.4. The molecule has 0 amide bonds. The summed E-state index contributed by atoms with van der Waals surface area (Å²) in [7, 11) is 0. The molecule has 1 aromatic carbocycles. The first-order valence-electron chi connectivity index (χ1n) is 8.80. The lowest BCUT2D eigenvalue weighted by Gasteiger charge is -2.49. The van der Waals surface area contributed by atoms with Crippen molar-refractivity contribution in [3.63, 3.8) is 0 Å². The van der Waals surface area contributed by atoms with Gasteiger partial charge in [-0.05, 0) is 68.9 Å². The summed E-state index contributed by atoms with van der Waals surface area (Å²) in [6.45, 7) is 6.20. The van der Waals surface area contributed by atoms with E-state index in [1.54, 1.807) is 0 Å². The van der Waals surface area contributed by atoms with Crippen LogP contribution in [0.2, 0.25) is 0 Å². The minimum absolute atomic E-state index is 0.0987. The number of aldehydes is 1. The van der Waals surface area contributed by atoms with Crippen LogP contribution >= 0.6 is 0 Å². The zero-order chi connectivity index (χ0) is 16.7. The predicted molar refractivity (Wildman–Crippen MR) is 93.4 cm³/mol. The van der Waals surface area contributed by atoms with Crippen molar-refractivity contribution in [1.82, 2.24) is 0 Å². The third kappa shape index (κ3) is 2.78. The van der Waals surface area contributed by atoms with Crippen LogP contribution < -0.4 is 0 Å². The Labute approximate surface area is 139 Å². The van der Waals surface area contributed by atoms with Crippen molar-refractivity contribution in [1.29, 1.82) is 0 Å². The topological polar surface area (TPSA) is 37.3 Å². The van der Waals surface area contributed by atoms with Gasteiger partial charge in [-0.2, -0.15) is 0 Å². The van der Waals surface area contributed by atoms with E-state index in [1.165, 1.54) is 11.1 Å². The number of carbonyl (C=O) groups excluding carboxylic acids is 1. The summed E-state index contributed by atoms with van der Waals surface area (Å²) in [5.41, 5.74) is 2.72. The van der Waals surface area contributed by atoms with Crippen LogP contribution in [-0.4, -0.2) is 17.0 Å². The zero-order valence-electron chi connectivity index (χ0n) is 14.5. The van der Waals surface area contributed by atoms with Gasteiger partial charge in [-0.3, -0.25) is 4.79 Å². The predicted octanol–water partition coefficient (Wildman–Crippen LogP) is 4.56. The summed E-state index contributed by atoms with van der Waals surface area (Å²) in [4.78, 5) is 11.0. The molecule has 2 fully saturated rings. The minimum Gasteiger partial charge on any atom is -0.389 e. The summed E-state index contributed by atoms with van der Waals surface area (Å²) in [6, 6.07) is 8.77. The number of carbonyl (C=O) groups is 1. The normalized spacial score (nSPS) is 37.5. The fraction of sp³-hybridized carbons (Fsp3) is 0.571. The van der Waals surface area contributed by atoms with Crippen LogP contribution in [0.3, 0.4) is 0 Å². The molecule has 0 spiro atoms. The van der Waals surface area contributed by atoms with Crippen LogP contribution in [0.1, 0.15) is 63.0 Å². The summed E-state index contributed by atoms with van der Waals surface area (Å²) < 4.78 is 0. The van der Waals surface area contributed by atoms with Gasteiger partial charge in [0, 0.05) is 5.41 Å². The van der Waals surface area contributed by atoms with Gasteiger partial charge >= 0.3 is 0 Å². The standard InChI is InChI=1S/C21H28O2/c1-15-4-6-17(7-5-15)18-8-10-20(3)19(12-16(2)14-22)9-11-21(20,23)13-18/h4-7,12,14,18-19,23H,8-11,13H2,1-3H3/b16-12+/t18-,19+,20+,21-/m0/s1. The Balaban J connectivity index is 1.83. The second kappa shape index (κ2) is 5.90. The van der Waals surface area contributed by atoms with Gasteiger partial charge in [-0.15, -0.1) is 0 Å². The largest absolute Gasteiger partial charge is 0.389 e. The quantitative estimate of drug-likeness (QED) is 0.656. The Morgan fingerprint density at radius 3 is 2.57 bits per heavy atom. The lowest BCUT2D eigenvalue weighted by molar-refractivity contribution is -0.105. The van der Waals surface area contributed by atoms with Crippen LogP contribution in [0.5, 0.6) is 0 Å². The smallest absolute Gasteiger partial charge is 0.145 e. The molecule has 1 N–H and O–H groups in total. The third-order valence-electron chi connectivity index (χ3n) is 6.55. The Hall–Kier alpha value is -1.41. The Bertz CT molecular complexity index is 615. The van der Waals surface area contributed by atoms with E-state index in [0.29, 0.717) is 11.8 Å². The number of aliphatic hydroxyl groups is 1. The van der Waals surface area contributed by atoms with E-state index >= 15 is 0 Å². The number of hydrogen-bond donors (Lipinski definition) is 1. The molecule has 124 valence electrons. The number of fused-ring (bicyclic) bond motifs is 1. The number of aryl methyl sites for hydroxylation is 1. The van der Waals surface area contributed by atoms with Gasteiger partial charge in [-0.25, -0.2) is 0 Å². The first-order chi connectivity index (χ1) is 10.9. The Morgan fingerprint density at radius 2 is 1.91 bits per heavy atom. The fourth-order valence-corrected chi connectivity index (χ4v) is 4.83. The molecule has 1 aromatic rings. The van der Waals surface area contributed by atoms with Gasteiger partial charge in [-0.1, -0.05) is 42.8 Å². The molecule has 0 aromatic heterocycles. The SMILES string of the molecule is C/C(C=O)=C\[C@H]1CC[C@]2(O)C[C@@H](c3ccc(C)cc3)CC[C@]12C. The molecule has 0 radical (unpaired) electrons. The maximum Gasteiger partial charge on any atom is 0.145 e. The highest BCUT2D eigenvalue weighted by Gasteiger charge is 2.58. The monoisotopic (exact) mass is 312 g/mol. The molecule has 2 heteroatoms. The van der Waals surface area contributed by atoms with Crippen LogP contribution in [0.4, 0.5) is 0 Å². The summed E-state index contributed by atoms with van der Waals surface area (Å²) in [5, 5.41) is 11.4. The van der Waals surface area contributed by atoms with Crippen LogP contribution in [0, 0.1) is 18.3 Å². The molecule has 23 heavy (non-hydrogen) atoms. The van der Waals surface area contributed by atoms with Crippen molar-refractivity contribution in [3.05, 3.63) is 47.0 Å². The lowest BCUT2D eigenvalue weighted by atomic mass is 9.59. The average Bonchev–Trinajstić information content (AvgIpc) is 2.79. The van der Waals surface area contributed by atoms with E-state index in [0.717, 1.165) is 44.0 Å². The van der Waals surface area contributed by atoms with E-state index in [-0.39, 0.29) is 5.41 Å². The van der Waals surface area contributed by atoms with Crippen molar-refractivity contribution >= 4 is 6.29 Å². The van der Waals surface area contributed by atoms with Crippen molar-refractivity contribution in [2.45, 2.75) is 64.4 Å². The minimum atomic E-state index is -0.606. The molecule has 2 aliphatic carbocycles. The van der Waals surface area contributed by atoms with Crippen molar-refractivity contribution < 1.29 is 9.90 Å². The van der Waals surface area contributed by atoms with Crippen molar-refractivity contribution in [2.24, 2.45) is 11.3 Å². The van der Waals surface area contributed by atoms with Crippen LogP contribution in [0.15, 0.2) is 35.9 Å². The summed E-state index contributed by atoms with van der Waals surface area (Å²) in [6.07, 6.45) is 7.84. The second-order valence-electron chi connectivity index (χ2n) is 7.97. The Kier molecular flexibility index (Phi) is 4.22. The Morgan fingerprint density at radius 1 is 1.22 bits per heavy atom. The highest BCUT2D eigenvalue weighted by molar-refractivity contribution is 5.72. The molecule has 2 saturated carbocycles. The molecule has 0 heterocycles. The number of benzene rings is 1. The highest BCUT2D eigenvalue weighted by atomic mass is 16.3. The maximum absolute atomic E-state index is 11.4. The summed E-state index contributed by atoms with van der Waals surface area (Å²) in [5.74, 6) is 0.764. The first-order valence-corrected chi connectivity index (χ1v) is 8.80. The van der Waals surface area contributed by atoms with Gasteiger partial charge in [0.15, 0.2) is 0 Å². The molecule has 0 saturated heterocycles. The van der Waals surface area contributed by atoms with Gasteiger partial charge in [0.2, 0.25) is 0 Å². The van der Waals surface area contributed by atoms with Gasteiger partial charge in [0.1, 0.15) is 6.29 Å². The molecule has 0 aliphatic heterocycles. The molecular weight excluding hydrogens is 284 g/mol. The number of rotatable bonds is 3. The zero-order valence-corrected chi connectivity index (χ0v) is 14.5. The fourth-order valence-electron chi connectivity index (χ4n) is 4.83. The highest BCUT2D eigenvalue weighted by Crippen LogP contribution is 2.61. The number of hydrogen-bond acceptors (Lipinski definition) is 2.